The maximum atomic E-state index is 10.8. The molecule has 1 rings (SSSR count). The Bertz CT molecular complexity index is 357. The number of rotatable bonds is 3. The van der Waals surface area contributed by atoms with Gasteiger partial charge in [0.1, 0.15) is 0 Å². The van der Waals surface area contributed by atoms with Crippen molar-refractivity contribution in [3.8, 4) is 0 Å². The summed E-state index contributed by atoms with van der Waals surface area (Å²) < 4.78 is 4.89. The average Bonchev–Trinajstić information content (AvgIpc) is 2.53. The second-order valence-corrected chi connectivity index (χ2v) is 2.84. The van der Waals surface area contributed by atoms with Crippen molar-refractivity contribution in [2.24, 2.45) is 0 Å². The van der Waals surface area contributed by atoms with Crippen LogP contribution in [-0.4, -0.2) is 11.4 Å². The number of nitrogens with zero attached hydrogens (tertiary/aromatic N) is 1. The van der Waals surface area contributed by atoms with Gasteiger partial charge >= 0.3 is 0 Å². The highest BCUT2D eigenvalue weighted by Gasteiger charge is 2.10. The van der Waals surface area contributed by atoms with Crippen LogP contribution in [0.25, 0.3) is 11.6 Å². The molecular weight excluding hydrogens is 166 g/mol. The van der Waals surface area contributed by atoms with Crippen LogP contribution in [0.2, 0.25) is 0 Å². The Morgan fingerprint density at radius 1 is 1.62 bits per heavy atom. The molecule has 1 aromatic rings. The molecule has 0 N–H and O–H groups in total. The molecule has 1 heterocycles. The Morgan fingerprint density at radius 3 is 2.77 bits per heavy atom. The molecule has 13 heavy (non-hydrogen) atoms. The molecule has 0 radical (unpaired) electrons. The summed E-state index contributed by atoms with van der Waals surface area (Å²) in [6.45, 7) is 7.30. The van der Waals surface area contributed by atoms with Crippen molar-refractivity contribution in [1.29, 1.82) is 0 Å². The molecule has 0 fully saturated rings. The fourth-order valence-corrected chi connectivity index (χ4v) is 1.05. The number of aromatic nitrogens is 1. The van der Waals surface area contributed by atoms with Crippen LogP contribution in [0.3, 0.4) is 0 Å². The normalized spacial score (nSPS) is 9.38. The van der Waals surface area contributed by atoms with Gasteiger partial charge in [-0.1, -0.05) is 17.3 Å². The Labute approximate surface area is 76.7 Å². The van der Waals surface area contributed by atoms with Gasteiger partial charge in [0.2, 0.25) is 0 Å². The number of allylic oxidation sites excluding steroid dienone is 2. The number of hydrogen-bond acceptors (Lipinski definition) is 3. The van der Waals surface area contributed by atoms with Crippen molar-refractivity contribution >= 4 is 17.9 Å². The molecular formula is C10H11NO2. The van der Waals surface area contributed by atoms with E-state index >= 15 is 0 Å². The predicted molar refractivity (Wildman–Crippen MR) is 50.9 cm³/mol. The van der Waals surface area contributed by atoms with Crippen molar-refractivity contribution < 1.29 is 9.32 Å². The van der Waals surface area contributed by atoms with E-state index in [9.17, 15) is 4.79 Å². The van der Waals surface area contributed by atoms with Crippen molar-refractivity contribution in [2.45, 2.75) is 13.8 Å². The Kier molecular flexibility index (Phi) is 2.80. The van der Waals surface area contributed by atoms with Gasteiger partial charge in [-0.15, -0.1) is 0 Å². The summed E-state index contributed by atoms with van der Waals surface area (Å²) in [5.41, 5.74) is 2.24. The van der Waals surface area contributed by atoms with E-state index in [-0.39, 0.29) is 0 Å². The first-order chi connectivity index (χ1) is 6.20. The lowest BCUT2D eigenvalue weighted by Crippen LogP contribution is -1.88. The molecule has 0 aliphatic carbocycles. The molecule has 0 atom stereocenters. The summed E-state index contributed by atoms with van der Waals surface area (Å²) in [6, 6.07) is 0. The topological polar surface area (TPSA) is 43.1 Å². The van der Waals surface area contributed by atoms with Gasteiger partial charge < -0.3 is 4.52 Å². The van der Waals surface area contributed by atoms with Crippen LogP contribution in [0.4, 0.5) is 0 Å². The molecule has 0 aliphatic rings. The van der Waals surface area contributed by atoms with Crippen LogP contribution < -0.4 is 0 Å². The molecule has 0 aliphatic heterocycles. The van der Waals surface area contributed by atoms with E-state index in [4.69, 9.17) is 4.52 Å². The smallest absolute Gasteiger partial charge is 0.166 e. The van der Waals surface area contributed by atoms with Gasteiger partial charge in [0.05, 0.1) is 11.8 Å². The number of carbonyl (C=O) groups excluding carboxylic acids is 1. The number of hydrogen-bond donors (Lipinski definition) is 0. The van der Waals surface area contributed by atoms with Crippen molar-refractivity contribution in [3.63, 3.8) is 0 Å². The zero-order chi connectivity index (χ0) is 9.84. The van der Waals surface area contributed by atoms with Gasteiger partial charge in [-0.3, -0.25) is 4.79 Å². The molecule has 0 bridgehead atoms. The van der Waals surface area contributed by atoms with E-state index in [2.05, 4.69) is 11.7 Å². The van der Waals surface area contributed by atoms with Crippen LogP contribution >= 0.6 is 0 Å². The molecule has 0 spiro atoms. The maximum Gasteiger partial charge on any atom is 0.166 e. The first-order valence-electron chi connectivity index (χ1n) is 3.90. The number of aldehydes is 1. The molecule has 0 saturated heterocycles. The number of carbonyl (C=O) groups is 1. The molecule has 1 aromatic heterocycles. The van der Waals surface area contributed by atoms with Gasteiger partial charge in [0.25, 0.3) is 0 Å². The van der Waals surface area contributed by atoms with E-state index in [1.54, 1.807) is 0 Å². The van der Waals surface area contributed by atoms with Crippen LogP contribution in [0.15, 0.2) is 22.9 Å². The Morgan fingerprint density at radius 2 is 2.31 bits per heavy atom. The van der Waals surface area contributed by atoms with E-state index < -0.39 is 0 Å². The molecule has 68 valence electrons. The highest BCUT2D eigenvalue weighted by molar-refractivity contribution is 6.08. The zero-order valence-corrected chi connectivity index (χ0v) is 7.70. The fourth-order valence-electron chi connectivity index (χ4n) is 1.05. The SMILES string of the molecule is C=Cc1oncc1C(C=O)=C(C)C. The van der Waals surface area contributed by atoms with Crippen LogP contribution in [0.5, 0.6) is 0 Å². The lowest BCUT2D eigenvalue weighted by atomic mass is 10.0. The summed E-state index contributed by atoms with van der Waals surface area (Å²) >= 11 is 0. The lowest BCUT2D eigenvalue weighted by Gasteiger charge is -1.98. The predicted octanol–water partition coefficient (Wildman–Crippen LogP) is 2.31. The maximum absolute atomic E-state index is 10.8. The van der Waals surface area contributed by atoms with Crippen LogP contribution in [-0.2, 0) is 4.79 Å². The van der Waals surface area contributed by atoms with Crippen molar-refractivity contribution in [3.05, 3.63) is 29.7 Å². The summed E-state index contributed by atoms with van der Waals surface area (Å²) in [7, 11) is 0. The average molecular weight is 177 g/mol. The highest BCUT2D eigenvalue weighted by atomic mass is 16.5. The van der Waals surface area contributed by atoms with Crippen LogP contribution in [0.1, 0.15) is 25.2 Å². The van der Waals surface area contributed by atoms with E-state index in [0.717, 1.165) is 11.9 Å². The minimum atomic E-state index is 0.531. The molecule has 0 aromatic carbocycles. The van der Waals surface area contributed by atoms with Gasteiger partial charge in [-0.05, 0) is 19.9 Å². The monoisotopic (exact) mass is 177 g/mol. The molecule has 3 heteroatoms. The Balaban J connectivity index is 3.27. The second-order valence-electron chi connectivity index (χ2n) is 2.84. The van der Waals surface area contributed by atoms with E-state index in [0.29, 0.717) is 16.9 Å². The first kappa shape index (κ1) is 9.45. The molecule has 0 saturated carbocycles. The van der Waals surface area contributed by atoms with Gasteiger partial charge in [0, 0.05) is 5.57 Å². The van der Waals surface area contributed by atoms with Crippen molar-refractivity contribution in [1.82, 2.24) is 5.16 Å². The molecule has 0 amide bonds. The summed E-state index contributed by atoms with van der Waals surface area (Å²) in [4.78, 5) is 10.8. The minimum absolute atomic E-state index is 0.531. The quantitative estimate of drug-likeness (QED) is 0.525. The van der Waals surface area contributed by atoms with Gasteiger partial charge in [-0.25, -0.2) is 0 Å². The van der Waals surface area contributed by atoms with Gasteiger partial charge in [-0.2, -0.15) is 0 Å². The lowest BCUT2D eigenvalue weighted by molar-refractivity contribution is -0.103. The van der Waals surface area contributed by atoms with Gasteiger partial charge in [0.15, 0.2) is 12.0 Å². The second kappa shape index (κ2) is 3.85. The zero-order valence-electron chi connectivity index (χ0n) is 7.70. The summed E-state index contributed by atoms with van der Waals surface area (Å²) in [5.74, 6) is 0.531. The van der Waals surface area contributed by atoms with Crippen molar-refractivity contribution in [2.75, 3.05) is 0 Å². The standard InChI is InChI=1S/C10H11NO2/c1-4-10-8(5-11-13-10)9(6-12)7(2)3/h4-6H,1H2,2-3H3. The third-order valence-corrected chi connectivity index (χ3v) is 1.73. The minimum Gasteiger partial charge on any atom is -0.356 e. The molecule has 0 unspecified atom stereocenters. The summed E-state index contributed by atoms with van der Waals surface area (Å²) in [5, 5.41) is 3.60. The Hall–Kier alpha value is -1.64. The molecule has 3 nitrogen and oxygen atoms in total. The first-order valence-corrected chi connectivity index (χ1v) is 3.90. The van der Waals surface area contributed by atoms with E-state index in [1.807, 2.05) is 13.8 Å². The fraction of sp³-hybridized carbons (Fsp3) is 0.200. The third-order valence-electron chi connectivity index (χ3n) is 1.73. The largest absolute Gasteiger partial charge is 0.356 e. The highest BCUT2D eigenvalue weighted by Crippen LogP contribution is 2.20. The van der Waals surface area contributed by atoms with Crippen LogP contribution in [0, 0.1) is 0 Å². The third kappa shape index (κ3) is 1.75. The van der Waals surface area contributed by atoms with E-state index in [1.165, 1.54) is 12.3 Å². The summed E-state index contributed by atoms with van der Waals surface area (Å²) in [6.07, 6.45) is 3.86.